The summed E-state index contributed by atoms with van der Waals surface area (Å²) in [5.74, 6) is 0. The molecule has 1 N–H and O–H groups in total. The normalized spacial score (nSPS) is 12.7. The van der Waals surface area contributed by atoms with Crippen molar-refractivity contribution < 1.29 is 14.6 Å². The van der Waals surface area contributed by atoms with Crippen molar-refractivity contribution in [3.63, 3.8) is 0 Å². The van der Waals surface area contributed by atoms with Crippen molar-refractivity contribution in [3.05, 3.63) is 35.4 Å². The van der Waals surface area contributed by atoms with Crippen molar-refractivity contribution >= 4 is 0 Å². The van der Waals surface area contributed by atoms with E-state index in [4.69, 9.17) is 14.6 Å². The molecule has 3 nitrogen and oxygen atoms in total. The summed E-state index contributed by atoms with van der Waals surface area (Å²) >= 11 is 0. The maximum absolute atomic E-state index is 8.78. The summed E-state index contributed by atoms with van der Waals surface area (Å²) in [6.07, 6.45) is 0.394. The zero-order chi connectivity index (χ0) is 11.1. The van der Waals surface area contributed by atoms with Crippen LogP contribution in [0.1, 0.15) is 24.3 Å². The van der Waals surface area contributed by atoms with Gasteiger partial charge in [0, 0.05) is 25.9 Å². The Kier molecular flexibility index (Phi) is 5.32. The molecule has 0 aliphatic heterocycles. The molecule has 0 aliphatic rings. The highest BCUT2D eigenvalue weighted by molar-refractivity contribution is 5.23. The third-order valence-corrected chi connectivity index (χ3v) is 2.18. The van der Waals surface area contributed by atoms with Crippen LogP contribution in [0.25, 0.3) is 0 Å². The van der Waals surface area contributed by atoms with Crippen molar-refractivity contribution in [2.75, 3.05) is 20.3 Å². The standard InChI is InChI=1S/C12H18O3/c1-3-15-12(14-2)11-6-4-10(5-7-11)8-9-13/h4-7,12-13H,3,8-9H2,1-2H3. The van der Waals surface area contributed by atoms with Crippen LogP contribution in [0.2, 0.25) is 0 Å². The van der Waals surface area contributed by atoms with Gasteiger partial charge in [-0.2, -0.15) is 0 Å². The molecule has 0 amide bonds. The number of aliphatic hydroxyl groups excluding tert-OH is 1. The smallest absolute Gasteiger partial charge is 0.183 e. The van der Waals surface area contributed by atoms with Crippen LogP contribution in [0.15, 0.2) is 24.3 Å². The van der Waals surface area contributed by atoms with E-state index in [9.17, 15) is 0 Å². The van der Waals surface area contributed by atoms with E-state index in [0.717, 1.165) is 11.1 Å². The molecule has 3 heteroatoms. The van der Waals surface area contributed by atoms with Gasteiger partial charge in [0.25, 0.3) is 0 Å². The highest BCUT2D eigenvalue weighted by Gasteiger charge is 2.08. The lowest BCUT2D eigenvalue weighted by Crippen LogP contribution is -2.06. The first-order chi connectivity index (χ1) is 7.31. The molecule has 1 aromatic carbocycles. The first kappa shape index (κ1) is 12.2. The van der Waals surface area contributed by atoms with Crippen LogP contribution in [0.4, 0.5) is 0 Å². The van der Waals surface area contributed by atoms with E-state index < -0.39 is 0 Å². The zero-order valence-corrected chi connectivity index (χ0v) is 9.27. The van der Waals surface area contributed by atoms with E-state index in [1.54, 1.807) is 7.11 Å². The van der Waals surface area contributed by atoms with E-state index in [1.165, 1.54) is 0 Å². The number of rotatable bonds is 6. The lowest BCUT2D eigenvalue weighted by atomic mass is 10.1. The van der Waals surface area contributed by atoms with Crippen LogP contribution in [0.3, 0.4) is 0 Å². The first-order valence-corrected chi connectivity index (χ1v) is 5.16. The molecule has 0 spiro atoms. The summed E-state index contributed by atoms with van der Waals surface area (Å²) in [5.41, 5.74) is 2.12. The third-order valence-electron chi connectivity index (χ3n) is 2.18. The minimum atomic E-state index is -0.293. The van der Waals surface area contributed by atoms with E-state index in [0.29, 0.717) is 13.0 Å². The Morgan fingerprint density at radius 2 is 1.93 bits per heavy atom. The van der Waals surface area contributed by atoms with E-state index >= 15 is 0 Å². The fourth-order valence-electron chi connectivity index (χ4n) is 1.42. The fourth-order valence-corrected chi connectivity index (χ4v) is 1.42. The van der Waals surface area contributed by atoms with Crippen LogP contribution in [-0.2, 0) is 15.9 Å². The second kappa shape index (κ2) is 6.56. The van der Waals surface area contributed by atoms with Gasteiger partial charge in [-0.1, -0.05) is 24.3 Å². The number of methoxy groups -OCH3 is 1. The van der Waals surface area contributed by atoms with Gasteiger partial charge in [-0.3, -0.25) is 0 Å². The quantitative estimate of drug-likeness (QED) is 0.729. The Hall–Kier alpha value is -0.900. The number of ether oxygens (including phenoxy) is 2. The molecule has 0 saturated heterocycles. The van der Waals surface area contributed by atoms with E-state index in [2.05, 4.69) is 0 Å². The summed E-state index contributed by atoms with van der Waals surface area (Å²) in [5, 5.41) is 8.78. The van der Waals surface area contributed by atoms with Gasteiger partial charge in [-0.05, 0) is 18.9 Å². The number of hydrogen-bond acceptors (Lipinski definition) is 3. The van der Waals surface area contributed by atoms with Crippen LogP contribution in [0.5, 0.6) is 0 Å². The molecule has 0 heterocycles. The number of aliphatic hydroxyl groups is 1. The van der Waals surface area contributed by atoms with Gasteiger partial charge in [0.15, 0.2) is 6.29 Å². The Bertz CT molecular complexity index is 269. The molecule has 1 rings (SSSR count). The molecule has 1 aromatic rings. The fraction of sp³-hybridized carbons (Fsp3) is 0.500. The van der Waals surface area contributed by atoms with Crippen molar-refractivity contribution in [2.45, 2.75) is 19.6 Å². The molecule has 1 unspecified atom stereocenters. The molecular weight excluding hydrogens is 192 g/mol. The van der Waals surface area contributed by atoms with Crippen LogP contribution < -0.4 is 0 Å². The average Bonchev–Trinajstić information content (AvgIpc) is 2.28. The highest BCUT2D eigenvalue weighted by atomic mass is 16.7. The predicted molar refractivity (Wildman–Crippen MR) is 58.6 cm³/mol. The molecule has 0 bridgehead atoms. The summed E-state index contributed by atoms with van der Waals surface area (Å²) in [7, 11) is 1.63. The van der Waals surface area contributed by atoms with Gasteiger partial charge < -0.3 is 14.6 Å². The van der Waals surface area contributed by atoms with Gasteiger partial charge in [0.2, 0.25) is 0 Å². The molecular formula is C12H18O3. The third kappa shape index (κ3) is 3.63. The molecule has 0 fully saturated rings. The van der Waals surface area contributed by atoms with Gasteiger partial charge in [-0.15, -0.1) is 0 Å². The van der Waals surface area contributed by atoms with Gasteiger partial charge >= 0.3 is 0 Å². The molecule has 84 valence electrons. The SMILES string of the molecule is CCOC(OC)c1ccc(CCO)cc1. The lowest BCUT2D eigenvalue weighted by molar-refractivity contribution is -0.124. The highest BCUT2D eigenvalue weighted by Crippen LogP contribution is 2.18. The minimum absolute atomic E-state index is 0.179. The van der Waals surface area contributed by atoms with Crippen molar-refractivity contribution in [1.29, 1.82) is 0 Å². The van der Waals surface area contributed by atoms with Gasteiger partial charge in [0.05, 0.1) is 0 Å². The summed E-state index contributed by atoms with van der Waals surface area (Å²) < 4.78 is 10.6. The topological polar surface area (TPSA) is 38.7 Å². The Labute approximate surface area is 90.6 Å². The van der Waals surface area contributed by atoms with Crippen LogP contribution in [0, 0.1) is 0 Å². The number of hydrogen-bond donors (Lipinski definition) is 1. The van der Waals surface area contributed by atoms with Crippen LogP contribution >= 0.6 is 0 Å². The molecule has 0 aliphatic carbocycles. The monoisotopic (exact) mass is 210 g/mol. The maximum atomic E-state index is 8.78. The molecule has 0 radical (unpaired) electrons. The lowest BCUT2D eigenvalue weighted by Gasteiger charge is -2.15. The second-order valence-electron chi connectivity index (χ2n) is 3.24. The molecule has 0 aromatic heterocycles. The largest absolute Gasteiger partial charge is 0.396 e. The Morgan fingerprint density at radius 3 is 2.40 bits per heavy atom. The van der Waals surface area contributed by atoms with Gasteiger partial charge in [0.1, 0.15) is 0 Å². The van der Waals surface area contributed by atoms with E-state index in [1.807, 2.05) is 31.2 Å². The number of benzene rings is 1. The van der Waals surface area contributed by atoms with Gasteiger partial charge in [-0.25, -0.2) is 0 Å². The predicted octanol–water partition coefficient (Wildman–Crippen LogP) is 1.90. The minimum Gasteiger partial charge on any atom is -0.396 e. The maximum Gasteiger partial charge on any atom is 0.183 e. The van der Waals surface area contributed by atoms with Crippen molar-refractivity contribution in [1.82, 2.24) is 0 Å². The molecule has 1 atom stereocenters. The summed E-state index contributed by atoms with van der Waals surface area (Å²) in [4.78, 5) is 0. The Morgan fingerprint density at radius 1 is 1.27 bits per heavy atom. The molecule has 15 heavy (non-hydrogen) atoms. The summed E-state index contributed by atoms with van der Waals surface area (Å²) in [6.45, 7) is 2.74. The first-order valence-electron chi connectivity index (χ1n) is 5.16. The zero-order valence-electron chi connectivity index (χ0n) is 9.27. The van der Waals surface area contributed by atoms with Crippen molar-refractivity contribution in [2.24, 2.45) is 0 Å². The van der Waals surface area contributed by atoms with Crippen LogP contribution in [-0.4, -0.2) is 25.4 Å². The summed E-state index contributed by atoms with van der Waals surface area (Å²) in [6, 6.07) is 7.90. The molecule has 0 saturated carbocycles. The second-order valence-corrected chi connectivity index (χ2v) is 3.24. The van der Waals surface area contributed by atoms with Crippen molar-refractivity contribution in [3.8, 4) is 0 Å². The Balaban J connectivity index is 2.68. The average molecular weight is 210 g/mol. The van der Waals surface area contributed by atoms with E-state index in [-0.39, 0.29) is 12.9 Å².